The van der Waals surface area contributed by atoms with Crippen molar-refractivity contribution in [2.45, 2.75) is 64.1 Å². The first kappa shape index (κ1) is 32.9. The summed E-state index contributed by atoms with van der Waals surface area (Å²) in [5, 5.41) is 2.71. The first-order valence-electron chi connectivity index (χ1n) is 17.3. The van der Waals surface area contributed by atoms with E-state index in [-0.39, 0.29) is 23.9 Å². The Morgan fingerprint density at radius 1 is 0.840 bits per heavy atom. The van der Waals surface area contributed by atoms with Crippen molar-refractivity contribution in [2.75, 3.05) is 20.2 Å². The van der Waals surface area contributed by atoms with Gasteiger partial charge in [0, 0.05) is 30.6 Å². The zero-order chi connectivity index (χ0) is 34.8. The number of rotatable bonds is 7. The molecule has 3 N–H and O–H groups in total. The molecule has 11 nitrogen and oxygen atoms in total. The van der Waals surface area contributed by atoms with E-state index in [2.05, 4.69) is 41.0 Å². The minimum atomic E-state index is -0.876. The lowest BCUT2D eigenvalue weighted by Crippen LogP contribution is -2.42. The minimum Gasteiger partial charge on any atom is -0.453 e. The second-order valence-corrected chi connectivity index (χ2v) is 13.5. The SMILES string of the molecule is COC(=O)N[C@H](C(=O)N1CCC[C@@H]1c1nc2ccc(C#Cc3ccc4nc([C@@H]5CCCN5C(=O)CC(C)C)[nH]c4c3)cc2[nH]1)c1ccccc1. The van der Waals surface area contributed by atoms with Crippen LogP contribution in [-0.4, -0.2) is 67.8 Å². The molecule has 2 aliphatic rings. The van der Waals surface area contributed by atoms with E-state index in [1.807, 2.05) is 71.6 Å². The number of carbonyl (C=O) groups excluding carboxylic acids is 3. The molecule has 50 heavy (non-hydrogen) atoms. The van der Waals surface area contributed by atoms with E-state index in [0.29, 0.717) is 30.3 Å². The van der Waals surface area contributed by atoms with Gasteiger partial charge < -0.3 is 29.8 Å². The van der Waals surface area contributed by atoms with Crippen molar-refractivity contribution < 1.29 is 19.1 Å². The molecule has 0 aliphatic carbocycles. The van der Waals surface area contributed by atoms with Crippen LogP contribution in [0.25, 0.3) is 22.1 Å². The molecule has 0 spiro atoms. The second kappa shape index (κ2) is 14.1. The summed E-state index contributed by atoms with van der Waals surface area (Å²) in [6, 6.07) is 19.8. The molecule has 2 aromatic heterocycles. The van der Waals surface area contributed by atoms with Crippen LogP contribution >= 0.6 is 0 Å². The third-order valence-electron chi connectivity index (χ3n) is 9.50. The maximum atomic E-state index is 13.9. The smallest absolute Gasteiger partial charge is 0.407 e. The Morgan fingerprint density at radius 3 is 1.96 bits per heavy atom. The van der Waals surface area contributed by atoms with Gasteiger partial charge in [0.05, 0.1) is 41.3 Å². The minimum absolute atomic E-state index is 0.0227. The number of aromatic nitrogens is 4. The monoisotopic (exact) mass is 671 g/mol. The highest BCUT2D eigenvalue weighted by molar-refractivity contribution is 5.87. The maximum absolute atomic E-state index is 13.9. The van der Waals surface area contributed by atoms with E-state index in [0.717, 1.165) is 71.2 Å². The number of carbonyl (C=O) groups is 3. The Kier molecular flexibility index (Phi) is 9.26. The number of alkyl carbamates (subject to hydrolysis) is 1. The van der Waals surface area contributed by atoms with E-state index >= 15 is 0 Å². The van der Waals surface area contributed by atoms with Crippen LogP contribution in [0.3, 0.4) is 0 Å². The van der Waals surface area contributed by atoms with Crippen LogP contribution in [0.15, 0.2) is 66.7 Å². The molecule has 5 aromatic rings. The summed E-state index contributed by atoms with van der Waals surface area (Å²) < 4.78 is 4.82. The number of H-pyrrole nitrogens is 2. The topological polar surface area (TPSA) is 136 Å². The van der Waals surface area contributed by atoms with Gasteiger partial charge in [-0.15, -0.1) is 0 Å². The van der Waals surface area contributed by atoms with E-state index in [1.54, 1.807) is 4.90 Å². The standard InChI is InChI=1S/C39H41N7O4/c1-24(2)21-34(47)45-19-7-11-32(45)36-40-28-17-15-25(22-30(28)42-36)13-14-26-16-18-29-31(23-26)43-37(41-29)33-12-8-20-46(33)38(48)35(44-39(49)50-3)27-9-5-4-6-10-27/h4-6,9-10,15-18,22-24,32-33,35H,7-8,11-12,19-21H2,1-3H3,(H,40,42)(H,41,43)(H,44,49)/t32-,33+,35-/m0/s1. The number of ether oxygens (including phenoxy) is 1. The van der Waals surface area contributed by atoms with Crippen molar-refractivity contribution in [3.63, 3.8) is 0 Å². The quantitative estimate of drug-likeness (QED) is 0.174. The molecule has 3 amide bonds. The summed E-state index contributed by atoms with van der Waals surface area (Å²) in [5.74, 6) is 8.40. The lowest BCUT2D eigenvalue weighted by molar-refractivity contribution is -0.135. The van der Waals surface area contributed by atoms with Crippen molar-refractivity contribution in [3.05, 3.63) is 95.1 Å². The van der Waals surface area contributed by atoms with Crippen LogP contribution in [0.2, 0.25) is 0 Å². The largest absolute Gasteiger partial charge is 0.453 e. The number of fused-ring (bicyclic) bond motifs is 2. The number of hydrogen-bond donors (Lipinski definition) is 3. The molecule has 3 atom stereocenters. The molecule has 2 fully saturated rings. The molecule has 3 aromatic carbocycles. The van der Waals surface area contributed by atoms with Gasteiger partial charge in [-0.05, 0) is 73.6 Å². The van der Waals surface area contributed by atoms with Crippen LogP contribution in [0.4, 0.5) is 4.79 Å². The number of aromatic amines is 2. The Morgan fingerprint density at radius 2 is 1.40 bits per heavy atom. The average Bonchev–Trinajstić information content (AvgIpc) is 3.94. The predicted octanol–water partition coefficient (Wildman–Crippen LogP) is 6.31. The molecule has 2 aliphatic heterocycles. The molecule has 7 rings (SSSR count). The van der Waals surface area contributed by atoms with Crippen molar-refractivity contribution in [2.24, 2.45) is 5.92 Å². The van der Waals surface area contributed by atoms with Crippen LogP contribution in [0, 0.1) is 17.8 Å². The highest BCUT2D eigenvalue weighted by Gasteiger charge is 2.37. The molecular formula is C39H41N7O4. The lowest BCUT2D eigenvalue weighted by Gasteiger charge is -2.28. The summed E-state index contributed by atoms with van der Waals surface area (Å²) >= 11 is 0. The Labute approximate surface area is 290 Å². The van der Waals surface area contributed by atoms with Gasteiger partial charge in [0.1, 0.15) is 17.7 Å². The lowest BCUT2D eigenvalue weighted by atomic mass is 10.1. The number of nitrogens with one attached hydrogen (secondary N) is 3. The van der Waals surface area contributed by atoms with Crippen molar-refractivity contribution in [1.82, 2.24) is 35.1 Å². The number of amides is 3. The van der Waals surface area contributed by atoms with E-state index in [1.165, 1.54) is 7.11 Å². The predicted molar refractivity (Wildman–Crippen MR) is 190 cm³/mol. The zero-order valence-corrected chi connectivity index (χ0v) is 28.5. The molecule has 2 saturated heterocycles. The summed E-state index contributed by atoms with van der Waals surface area (Å²) in [6.45, 7) is 5.47. The second-order valence-electron chi connectivity index (χ2n) is 13.5. The van der Waals surface area contributed by atoms with Crippen LogP contribution < -0.4 is 5.32 Å². The molecule has 11 heteroatoms. The van der Waals surface area contributed by atoms with Crippen LogP contribution in [0.1, 0.15) is 92.4 Å². The van der Waals surface area contributed by atoms with Gasteiger partial charge >= 0.3 is 6.09 Å². The summed E-state index contributed by atoms with van der Waals surface area (Å²) in [7, 11) is 1.28. The summed E-state index contributed by atoms with van der Waals surface area (Å²) in [6.07, 6.45) is 3.34. The van der Waals surface area contributed by atoms with Crippen molar-refractivity contribution in [1.29, 1.82) is 0 Å². The van der Waals surface area contributed by atoms with E-state index in [9.17, 15) is 14.4 Å². The van der Waals surface area contributed by atoms with E-state index in [4.69, 9.17) is 14.7 Å². The molecule has 0 unspecified atom stereocenters. The number of likely N-dealkylation sites (tertiary alicyclic amines) is 2. The fourth-order valence-electron chi connectivity index (χ4n) is 7.08. The molecular weight excluding hydrogens is 630 g/mol. The van der Waals surface area contributed by atoms with Gasteiger partial charge in [0.25, 0.3) is 5.91 Å². The number of hydrogen-bond acceptors (Lipinski definition) is 6. The molecule has 0 radical (unpaired) electrons. The first-order valence-corrected chi connectivity index (χ1v) is 17.3. The van der Waals surface area contributed by atoms with Crippen molar-refractivity contribution >= 4 is 40.0 Å². The number of nitrogens with zero attached hydrogens (tertiary/aromatic N) is 4. The third-order valence-corrected chi connectivity index (χ3v) is 9.50. The molecule has 4 heterocycles. The number of imidazole rings is 2. The van der Waals surface area contributed by atoms with Gasteiger partial charge in [-0.1, -0.05) is 56.0 Å². The average molecular weight is 672 g/mol. The Hall–Kier alpha value is -5.63. The third kappa shape index (κ3) is 6.79. The summed E-state index contributed by atoms with van der Waals surface area (Å²) in [5.41, 5.74) is 5.74. The Balaban J connectivity index is 1.08. The summed E-state index contributed by atoms with van der Waals surface area (Å²) in [4.78, 5) is 59.3. The van der Waals surface area contributed by atoms with Gasteiger partial charge in [0.2, 0.25) is 5.91 Å². The van der Waals surface area contributed by atoms with Gasteiger partial charge in [-0.2, -0.15) is 0 Å². The van der Waals surface area contributed by atoms with Crippen LogP contribution in [0.5, 0.6) is 0 Å². The van der Waals surface area contributed by atoms with Crippen molar-refractivity contribution in [3.8, 4) is 11.8 Å². The van der Waals surface area contributed by atoms with Gasteiger partial charge in [-0.3, -0.25) is 9.59 Å². The fourth-order valence-corrected chi connectivity index (χ4v) is 7.08. The maximum Gasteiger partial charge on any atom is 0.407 e. The molecule has 256 valence electrons. The highest BCUT2D eigenvalue weighted by atomic mass is 16.5. The van der Waals surface area contributed by atoms with Gasteiger partial charge in [-0.25, -0.2) is 14.8 Å². The van der Waals surface area contributed by atoms with Gasteiger partial charge in [0.15, 0.2) is 0 Å². The first-order chi connectivity index (χ1) is 24.3. The zero-order valence-electron chi connectivity index (χ0n) is 28.5. The number of benzene rings is 3. The van der Waals surface area contributed by atoms with Crippen LogP contribution in [-0.2, 0) is 14.3 Å². The van der Waals surface area contributed by atoms with E-state index < -0.39 is 12.1 Å². The number of methoxy groups -OCH3 is 1. The highest BCUT2D eigenvalue weighted by Crippen LogP contribution is 2.35. The Bertz CT molecular complexity index is 2110. The molecule has 0 bridgehead atoms. The normalized spacial score (nSPS) is 18.0. The molecule has 0 saturated carbocycles. The fraction of sp³-hybridized carbons (Fsp3) is 0.359.